The monoisotopic (exact) mass is 351 g/mol. The molecule has 1 aromatic carbocycles. The molecular formula is C16H19ClFN5O. The number of carbonyl (C=O) groups excluding carboxylic acids is 1. The average Bonchev–Trinajstić information content (AvgIpc) is 2.97. The number of piperazine rings is 1. The van der Waals surface area contributed by atoms with Crippen molar-refractivity contribution < 1.29 is 9.18 Å². The van der Waals surface area contributed by atoms with Crippen molar-refractivity contribution in [2.45, 2.75) is 6.04 Å². The number of hydrogen-bond acceptors (Lipinski definition) is 4. The lowest BCUT2D eigenvalue weighted by Crippen LogP contribution is -2.49. The van der Waals surface area contributed by atoms with Crippen LogP contribution in [-0.2, 0) is 11.8 Å². The number of aromatic nitrogens is 2. The maximum Gasteiger partial charge on any atom is 0.238 e. The first-order valence-electron chi connectivity index (χ1n) is 7.71. The Labute approximate surface area is 144 Å². The van der Waals surface area contributed by atoms with Crippen molar-refractivity contribution in [2.75, 3.05) is 31.5 Å². The number of amides is 1. The molecular weight excluding hydrogens is 333 g/mol. The van der Waals surface area contributed by atoms with Crippen LogP contribution in [0.25, 0.3) is 0 Å². The summed E-state index contributed by atoms with van der Waals surface area (Å²) in [4.78, 5) is 18.8. The predicted molar refractivity (Wildman–Crippen MR) is 90.4 cm³/mol. The van der Waals surface area contributed by atoms with Crippen molar-refractivity contribution in [1.82, 2.24) is 19.8 Å². The smallest absolute Gasteiger partial charge is 0.238 e. The van der Waals surface area contributed by atoms with Gasteiger partial charge in [0.2, 0.25) is 5.91 Å². The molecule has 6 nitrogen and oxygen atoms in total. The van der Waals surface area contributed by atoms with Gasteiger partial charge in [0.25, 0.3) is 0 Å². The number of halogens is 2. The average molecular weight is 352 g/mol. The van der Waals surface area contributed by atoms with E-state index in [-0.39, 0.29) is 23.5 Å². The zero-order chi connectivity index (χ0) is 17.1. The largest absolute Gasteiger partial charge is 0.337 e. The molecule has 1 aliphatic heterocycles. The van der Waals surface area contributed by atoms with E-state index in [1.54, 1.807) is 6.20 Å². The van der Waals surface area contributed by atoms with Crippen molar-refractivity contribution in [1.29, 1.82) is 0 Å². The van der Waals surface area contributed by atoms with E-state index in [2.05, 4.69) is 20.5 Å². The quantitative estimate of drug-likeness (QED) is 0.881. The summed E-state index contributed by atoms with van der Waals surface area (Å²) in [5, 5.41) is 6.25. The molecule has 1 atom stereocenters. The first kappa shape index (κ1) is 16.9. The number of aryl methyl sites for hydroxylation is 1. The van der Waals surface area contributed by atoms with Crippen LogP contribution >= 0.6 is 11.6 Å². The lowest BCUT2D eigenvalue weighted by Gasteiger charge is -2.35. The minimum atomic E-state index is -0.435. The highest BCUT2D eigenvalue weighted by atomic mass is 35.5. The molecule has 2 heterocycles. The Hall–Kier alpha value is -1.96. The number of carbonyl (C=O) groups is 1. The fourth-order valence-corrected chi connectivity index (χ4v) is 3.07. The molecule has 1 aliphatic rings. The van der Waals surface area contributed by atoms with Gasteiger partial charge in [-0.3, -0.25) is 9.69 Å². The summed E-state index contributed by atoms with van der Waals surface area (Å²) in [5.41, 5.74) is 0.409. The molecule has 2 aromatic rings. The molecule has 0 spiro atoms. The first-order chi connectivity index (χ1) is 11.5. The van der Waals surface area contributed by atoms with E-state index in [1.165, 1.54) is 18.2 Å². The summed E-state index contributed by atoms with van der Waals surface area (Å²) in [6.45, 7) is 2.50. The zero-order valence-corrected chi connectivity index (χ0v) is 14.1. The Morgan fingerprint density at radius 1 is 1.54 bits per heavy atom. The molecule has 1 saturated heterocycles. The highest BCUT2D eigenvalue weighted by Crippen LogP contribution is 2.23. The van der Waals surface area contributed by atoms with Crippen molar-refractivity contribution in [2.24, 2.45) is 7.05 Å². The van der Waals surface area contributed by atoms with E-state index in [1.807, 2.05) is 17.8 Å². The zero-order valence-electron chi connectivity index (χ0n) is 13.3. The summed E-state index contributed by atoms with van der Waals surface area (Å²) in [7, 11) is 1.94. The summed E-state index contributed by atoms with van der Waals surface area (Å²) >= 11 is 5.96. The molecule has 0 bridgehead atoms. The fraction of sp³-hybridized carbons (Fsp3) is 0.375. The molecule has 0 saturated carbocycles. The van der Waals surface area contributed by atoms with Gasteiger partial charge in [0.15, 0.2) is 0 Å². The van der Waals surface area contributed by atoms with Gasteiger partial charge < -0.3 is 15.2 Å². The molecule has 128 valence electrons. The lowest BCUT2D eigenvalue weighted by atomic mass is 10.1. The molecule has 24 heavy (non-hydrogen) atoms. The van der Waals surface area contributed by atoms with Gasteiger partial charge in [-0.25, -0.2) is 9.37 Å². The third-order valence-corrected chi connectivity index (χ3v) is 4.38. The summed E-state index contributed by atoms with van der Waals surface area (Å²) in [5.74, 6) is 0.286. The second-order valence-corrected chi connectivity index (χ2v) is 6.17. The molecule has 1 amide bonds. The SMILES string of the molecule is Cn1ccnc1C1CNCCN1CC(=O)Nc1ccc(F)cc1Cl. The predicted octanol–water partition coefficient (Wildman–Crippen LogP) is 1.80. The number of benzene rings is 1. The van der Waals surface area contributed by atoms with E-state index < -0.39 is 5.82 Å². The Morgan fingerprint density at radius 3 is 3.08 bits per heavy atom. The van der Waals surface area contributed by atoms with Gasteiger partial charge in [-0.2, -0.15) is 0 Å². The third-order valence-electron chi connectivity index (χ3n) is 4.06. The third kappa shape index (κ3) is 3.75. The summed E-state index contributed by atoms with van der Waals surface area (Å²) in [6.07, 6.45) is 3.64. The number of hydrogen-bond donors (Lipinski definition) is 2. The number of rotatable bonds is 4. The van der Waals surface area contributed by atoms with Crippen LogP contribution in [0.2, 0.25) is 5.02 Å². The number of nitrogens with one attached hydrogen (secondary N) is 2. The van der Waals surface area contributed by atoms with Gasteiger partial charge >= 0.3 is 0 Å². The Morgan fingerprint density at radius 2 is 2.38 bits per heavy atom. The molecule has 1 unspecified atom stereocenters. The minimum Gasteiger partial charge on any atom is -0.337 e. The lowest BCUT2D eigenvalue weighted by molar-refractivity contribution is -0.118. The van der Waals surface area contributed by atoms with Crippen LogP contribution in [0.4, 0.5) is 10.1 Å². The number of imidazole rings is 1. The molecule has 8 heteroatoms. The van der Waals surface area contributed by atoms with Gasteiger partial charge in [-0.15, -0.1) is 0 Å². The van der Waals surface area contributed by atoms with Gasteiger partial charge in [0, 0.05) is 39.1 Å². The van der Waals surface area contributed by atoms with Crippen LogP contribution in [0.15, 0.2) is 30.6 Å². The van der Waals surface area contributed by atoms with Crippen molar-refractivity contribution in [3.05, 3.63) is 47.3 Å². The second-order valence-electron chi connectivity index (χ2n) is 5.76. The van der Waals surface area contributed by atoms with E-state index >= 15 is 0 Å². The highest BCUT2D eigenvalue weighted by Gasteiger charge is 2.28. The van der Waals surface area contributed by atoms with E-state index in [0.717, 1.165) is 25.5 Å². The van der Waals surface area contributed by atoms with Crippen LogP contribution in [-0.4, -0.2) is 46.5 Å². The fourth-order valence-electron chi connectivity index (χ4n) is 2.85. The maximum atomic E-state index is 13.1. The standard InChI is InChI=1S/C16H19ClFN5O/c1-22-6-5-20-16(22)14-9-19-4-7-23(14)10-15(24)21-13-3-2-11(18)8-12(13)17/h2-3,5-6,8,14,19H,4,7,9-10H2,1H3,(H,21,24). The van der Waals surface area contributed by atoms with Crippen LogP contribution in [0, 0.1) is 5.82 Å². The van der Waals surface area contributed by atoms with E-state index in [9.17, 15) is 9.18 Å². The molecule has 3 rings (SSSR count). The minimum absolute atomic E-state index is 0.0215. The molecule has 0 aliphatic carbocycles. The molecule has 2 N–H and O–H groups in total. The Kier molecular flexibility index (Phi) is 5.13. The topological polar surface area (TPSA) is 62.2 Å². The summed E-state index contributed by atoms with van der Waals surface area (Å²) < 4.78 is 15.0. The first-order valence-corrected chi connectivity index (χ1v) is 8.09. The Balaban J connectivity index is 1.69. The van der Waals surface area contributed by atoms with Crippen LogP contribution in [0.1, 0.15) is 11.9 Å². The van der Waals surface area contributed by atoms with E-state index in [4.69, 9.17) is 11.6 Å². The Bertz CT molecular complexity index is 735. The van der Waals surface area contributed by atoms with E-state index in [0.29, 0.717) is 5.69 Å². The molecule has 1 aromatic heterocycles. The second kappa shape index (κ2) is 7.29. The number of anilines is 1. The molecule has 1 fully saturated rings. The van der Waals surface area contributed by atoms with Gasteiger partial charge in [-0.1, -0.05) is 11.6 Å². The van der Waals surface area contributed by atoms with Crippen molar-refractivity contribution >= 4 is 23.2 Å². The van der Waals surface area contributed by atoms with Crippen LogP contribution < -0.4 is 10.6 Å². The molecule has 0 radical (unpaired) electrons. The van der Waals surface area contributed by atoms with Crippen LogP contribution in [0.5, 0.6) is 0 Å². The van der Waals surface area contributed by atoms with Crippen LogP contribution in [0.3, 0.4) is 0 Å². The van der Waals surface area contributed by atoms with Gasteiger partial charge in [-0.05, 0) is 18.2 Å². The van der Waals surface area contributed by atoms with Crippen molar-refractivity contribution in [3.63, 3.8) is 0 Å². The summed E-state index contributed by atoms with van der Waals surface area (Å²) in [6, 6.07) is 3.93. The highest BCUT2D eigenvalue weighted by molar-refractivity contribution is 6.33. The van der Waals surface area contributed by atoms with Crippen molar-refractivity contribution in [3.8, 4) is 0 Å². The normalized spacial score (nSPS) is 18.5. The maximum absolute atomic E-state index is 13.1. The van der Waals surface area contributed by atoms with Gasteiger partial charge in [0.05, 0.1) is 23.3 Å². The number of nitrogens with zero attached hydrogens (tertiary/aromatic N) is 3. The van der Waals surface area contributed by atoms with Gasteiger partial charge in [0.1, 0.15) is 11.6 Å².